The highest BCUT2D eigenvalue weighted by atomic mass is 35.5. The topological polar surface area (TPSA) is 12.5 Å². The Morgan fingerprint density at radius 3 is 2.12 bits per heavy atom. The molecule has 4 rings (SSSR count). The first kappa shape index (κ1) is 18.5. The number of halogens is 2. The van der Waals surface area contributed by atoms with Crippen molar-refractivity contribution in [2.75, 3.05) is 6.61 Å². The lowest BCUT2D eigenvalue weighted by Gasteiger charge is -2.37. The van der Waals surface area contributed by atoms with E-state index in [1.54, 1.807) is 0 Å². The van der Waals surface area contributed by atoms with Crippen LogP contribution in [0, 0.1) is 23.6 Å². The van der Waals surface area contributed by atoms with Crippen LogP contribution in [-0.2, 0) is 4.74 Å². The maximum Gasteiger partial charge on any atom is 0.147 e. The summed E-state index contributed by atoms with van der Waals surface area (Å²) in [5, 5.41) is 0.341. The minimum atomic E-state index is -0.254. The van der Waals surface area contributed by atoms with Crippen molar-refractivity contribution in [1.82, 2.24) is 0 Å². The van der Waals surface area contributed by atoms with Gasteiger partial charge in [-0.25, -0.2) is 4.39 Å². The van der Waals surface area contributed by atoms with E-state index in [0.29, 0.717) is 23.1 Å². The first-order valence-electron chi connectivity index (χ1n) is 10.4. The molecule has 2 saturated carbocycles. The van der Waals surface area contributed by atoms with Crippen molar-refractivity contribution in [2.45, 2.75) is 70.3 Å². The van der Waals surface area contributed by atoms with Gasteiger partial charge in [-0.05, 0) is 87.5 Å². The van der Waals surface area contributed by atoms with E-state index >= 15 is 0 Å². The molecule has 1 aliphatic heterocycles. The molecule has 0 radical (unpaired) electrons. The molecular formula is C23H30ClFO. The van der Waals surface area contributed by atoms with E-state index in [1.165, 1.54) is 38.5 Å². The third-order valence-corrected chi connectivity index (χ3v) is 7.37. The van der Waals surface area contributed by atoms with Gasteiger partial charge >= 0.3 is 0 Å². The fourth-order valence-electron chi connectivity index (χ4n) is 5.35. The van der Waals surface area contributed by atoms with Crippen LogP contribution in [0.15, 0.2) is 24.3 Å². The molecule has 26 heavy (non-hydrogen) atoms. The Balaban J connectivity index is 1.35. The third kappa shape index (κ3) is 3.87. The van der Waals surface area contributed by atoms with Crippen LogP contribution < -0.4 is 0 Å². The van der Waals surface area contributed by atoms with Crippen molar-refractivity contribution in [3.8, 4) is 0 Å². The lowest BCUT2D eigenvalue weighted by Crippen LogP contribution is -2.25. The highest BCUT2D eigenvalue weighted by Gasteiger charge is 2.33. The Morgan fingerprint density at radius 1 is 0.962 bits per heavy atom. The number of rotatable bonds is 4. The molecule has 1 aromatic carbocycles. The molecule has 1 saturated heterocycles. The van der Waals surface area contributed by atoms with E-state index in [2.05, 4.69) is 25.1 Å². The van der Waals surface area contributed by atoms with Crippen molar-refractivity contribution in [1.29, 1.82) is 0 Å². The maximum absolute atomic E-state index is 14.6. The Bertz CT molecular complexity index is 650. The van der Waals surface area contributed by atoms with Gasteiger partial charge in [0.1, 0.15) is 11.9 Å². The fraction of sp³-hybridized carbons (Fsp3) is 0.652. The molecule has 1 unspecified atom stereocenters. The van der Waals surface area contributed by atoms with E-state index in [1.807, 2.05) is 6.07 Å². The number of hydrogen-bond acceptors (Lipinski definition) is 1. The molecule has 0 bridgehead atoms. The zero-order chi connectivity index (χ0) is 18.1. The minimum Gasteiger partial charge on any atom is -0.368 e. The predicted octanol–water partition coefficient (Wildman–Crippen LogP) is 7.21. The van der Waals surface area contributed by atoms with Gasteiger partial charge in [0, 0.05) is 5.56 Å². The van der Waals surface area contributed by atoms with Gasteiger partial charge in [-0.1, -0.05) is 35.9 Å². The van der Waals surface area contributed by atoms with E-state index < -0.39 is 0 Å². The quantitative estimate of drug-likeness (QED) is 0.399. The molecule has 0 N–H and O–H groups in total. The van der Waals surface area contributed by atoms with Crippen molar-refractivity contribution in [2.24, 2.45) is 17.8 Å². The summed E-state index contributed by atoms with van der Waals surface area (Å²) in [6.45, 7) is 2.75. The lowest BCUT2D eigenvalue weighted by molar-refractivity contribution is 0.171. The highest BCUT2D eigenvalue weighted by molar-refractivity contribution is 6.31. The summed E-state index contributed by atoms with van der Waals surface area (Å²) in [6.07, 6.45) is 14.9. The normalized spacial score (nSPS) is 35.0. The first-order chi connectivity index (χ1) is 12.7. The van der Waals surface area contributed by atoms with Crippen LogP contribution in [0.1, 0.15) is 81.4 Å². The van der Waals surface area contributed by atoms with Crippen molar-refractivity contribution >= 4 is 11.6 Å². The SMILES string of the molecule is C/C=C/C1CCC(C2CCC(c3ccc(C4CO4)c(F)c3Cl)CC2)CC1. The summed E-state index contributed by atoms with van der Waals surface area (Å²) >= 11 is 6.40. The zero-order valence-electron chi connectivity index (χ0n) is 15.7. The third-order valence-electron chi connectivity index (χ3n) is 6.98. The summed E-state index contributed by atoms with van der Waals surface area (Å²) in [6, 6.07) is 3.94. The minimum absolute atomic E-state index is 0.0741. The Kier molecular flexibility index (Phi) is 5.71. The van der Waals surface area contributed by atoms with Gasteiger partial charge in [-0.3, -0.25) is 0 Å². The molecule has 3 aliphatic rings. The molecule has 3 heteroatoms. The van der Waals surface area contributed by atoms with E-state index in [9.17, 15) is 4.39 Å². The van der Waals surface area contributed by atoms with Crippen LogP contribution in [0.25, 0.3) is 0 Å². The first-order valence-corrected chi connectivity index (χ1v) is 10.8. The molecule has 142 valence electrons. The van der Waals surface area contributed by atoms with Gasteiger partial charge in [-0.2, -0.15) is 0 Å². The standard InChI is InChI=1S/C23H30ClFO/c1-2-3-15-4-6-16(7-5-15)17-8-10-18(11-9-17)19-12-13-20(21-14-26-21)23(25)22(19)24/h2-3,12-13,15-18,21H,4-11,14H2,1H3/b3-2+. The Labute approximate surface area is 162 Å². The second kappa shape index (κ2) is 8.02. The van der Waals surface area contributed by atoms with E-state index in [4.69, 9.17) is 16.3 Å². The van der Waals surface area contributed by atoms with E-state index in [0.717, 1.165) is 36.2 Å². The number of epoxide rings is 1. The van der Waals surface area contributed by atoms with Gasteiger partial charge in [0.05, 0.1) is 11.6 Å². The monoisotopic (exact) mass is 376 g/mol. The van der Waals surface area contributed by atoms with Crippen molar-refractivity contribution in [3.05, 3.63) is 46.3 Å². The Morgan fingerprint density at radius 2 is 1.54 bits per heavy atom. The molecule has 1 aromatic rings. The lowest BCUT2D eigenvalue weighted by atomic mass is 9.68. The summed E-state index contributed by atoms with van der Waals surface area (Å²) in [4.78, 5) is 0. The number of hydrogen-bond donors (Lipinski definition) is 0. The zero-order valence-corrected chi connectivity index (χ0v) is 16.5. The number of ether oxygens (including phenoxy) is 1. The average Bonchev–Trinajstić information content (AvgIpc) is 3.50. The Hall–Kier alpha value is -0.860. The molecule has 1 atom stereocenters. The van der Waals surface area contributed by atoms with Crippen LogP contribution in [-0.4, -0.2) is 6.61 Å². The summed E-state index contributed by atoms with van der Waals surface area (Å²) in [7, 11) is 0. The highest BCUT2D eigenvalue weighted by Crippen LogP contribution is 2.46. The number of allylic oxidation sites excluding steroid dienone is 2. The molecule has 1 heterocycles. The fourth-order valence-corrected chi connectivity index (χ4v) is 5.68. The average molecular weight is 377 g/mol. The molecule has 0 spiro atoms. The van der Waals surface area contributed by atoms with Crippen LogP contribution >= 0.6 is 11.6 Å². The van der Waals surface area contributed by atoms with E-state index in [-0.39, 0.29) is 11.9 Å². The molecular weight excluding hydrogens is 347 g/mol. The van der Waals surface area contributed by atoms with Crippen LogP contribution in [0.4, 0.5) is 4.39 Å². The van der Waals surface area contributed by atoms with Crippen LogP contribution in [0.5, 0.6) is 0 Å². The predicted molar refractivity (Wildman–Crippen MR) is 105 cm³/mol. The smallest absolute Gasteiger partial charge is 0.147 e. The largest absolute Gasteiger partial charge is 0.368 e. The summed E-state index contributed by atoms with van der Waals surface area (Å²) in [5.74, 6) is 2.74. The van der Waals surface area contributed by atoms with Crippen LogP contribution in [0.2, 0.25) is 5.02 Å². The molecule has 0 aromatic heterocycles. The second-order valence-corrected chi connectivity index (χ2v) is 8.88. The van der Waals surface area contributed by atoms with Crippen molar-refractivity contribution < 1.29 is 9.13 Å². The van der Waals surface area contributed by atoms with Gasteiger partial charge in [0.25, 0.3) is 0 Å². The van der Waals surface area contributed by atoms with Gasteiger partial charge in [0.15, 0.2) is 0 Å². The molecule has 0 amide bonds. The van der Waals surface area contributed by atoms with Gasteiger partial charge < -0.3 is 4.74 Å². The summed E-state index contributed by atoms with van der Waals surface area (Å²) in [5.41, 5.74) is 1.65. The van der Waals surface area contributed by atoms with Gasteiger partial charge in [0.2, 0.25) is 0 Å². The molecule has 1 nitrogen and oxygen atoms in total. The maximum atomic E-state index is 14.6. The number of benzene rings is 1. The van der Waals surface area contributed by atoms with Crippen LogP contribution in [0.3, 0.4) is 0 Å². The molecule has 2 aliphatic carbocycles. The summed E-state index contributed by atoms with van der Waals surface area (Å²) < 4.78 is 19.8. The second-order valence-electron chi connectivity index (χ2n) is 8.51. The van der Waals surface area contributed by atoms with Gasteiger partial charge in [-0.15, -0.1) is 0 Å². The molecule has 3 fully saturated rings. The van der Waals surface area contributed by atoms with Crippen molar-refractivity contribution in [3.63, 3.8) is 0 Å².